The molecule has 0 heterocycles. The minimum Gasteiger partial charge on any atom is -0.395 e. The quantitative estimate of drug-likeness (QED) is 0.597. The molecule has 1 aromatic rings. The molecule has 0 unspecified atom stereocenters. The zero-order valence-corrected chi connectivity index (χ0v) is 10.00. The van der Waals surface area contributed by atoms with Crippen LogP contribution in [0, 0.1) is 10.1 Å². The van der Waals surface area contributed by atoms with Gasteiger partial charge in [-0.3, -0.25) is 10.1 Å². The molecule has 7 heteroatoms. The van der Waals surface area contributed by atoms with E-state index in [9.17, 15) is 14.9 Å². The molecule has 0 bridgehead atoms. The molecule has 0 atom stereocenters. The number of aliphatic hydroxyl groups is 1. The Labute approximate surface area is 104 Å². The van der Waals surface area contributed by atoms with Crippen molar-refractivity contribution in [3.8, 4) is 0 Å². The lowest BCUT2D eigenvalue weighted by molar-refractivity contribution is -0.385. The molecule has 0 aliphatic heterocycles. The number of nitrogens with one attached hydrogen (secondary N) is 1. The molecule has 0 saturated carbocycles. The Morgan fingerprint density at radius 3 is 2.78 bits per heavy atom. The summed E-state index contributed by atoms with van der Waals surface area (Å²) in [5.41, 5.74) is 0.413. The largest absolute Gasteiger partial charge is 0.395 e. The molecule has 0 radical (unpaired) electrons. The molecule has 1 rings (SSSR count). The summed E-state index contributed by atoms with van der Waals surface area (Å²) in [4.78, 5) is 23.1. The fourth-order valence-electron chi connectivity index (χ4n) is 1.40. The van der Waals surface area contributed by atoms with E-state index in [2.05, 4.69) is 5.32 Å². The van der Waals surface area contributed by atoms with Gasteiger partial charge in [-0.05, 0) is 0 Å². The van der Waals surface area contributed by atoms with E-state index in [0.29, 0.717) is 5.56 Å². The van der Waals surface area contributed by atoms with Gasteiger partial charge in [0.05, 0.1) is 18.1 Å². The van der Waals surface area contributed by atoms with Gasteiger partial charge in [0.2, 0.25) is 0 Å². The highest BCUT2D eigenvalue weighted by Gasteiger charge is 2.14. The van der Waals surface area contributed by atoms with Crippen LogP contribution in [0.3, 0.4) is 0 Å². The minimum atomic E-state index is -0.487. The second kappa shape index (κ2) is 6.55. The lowest BCUT2D eigenvalue weighted by Crippen LogP contribution is -2.38. The Hall–Kier alpha value is -2.15. The van der Waals surface area contributed by atoms with Gasteiger partial charge >= 0.3 is 6.03 Å². The van der Waals surface area contributed by atoms with Crippen molar-refractivity contribution in [1.82, 2.24) is 10.2 Å². The second-order valence-corrected chi connectivity index (χ2v) is 3.69. The minimum absolute atomic E-state index is 0.0254. The molecular formula is C11H15N3O4. The number of para-hydroxylation sites is 1. The Balaban J connectivity index is 2.64. The van der Waals surface area contributed by atoms with Crippen LogP contribution in [0.25, 0.3) is 0 Å². The van der Waals surface area contributed by atoms with E-state index in [-0.39, 0.29) is 31.4 Å². The lowest BCUT2D eigenvalue weighted by Gasteiger charge is -2.16. The monoisotopic (exact) mass is 253 g/mol. The highest BCUT2D eigenvalue weighted by Crippen LogP contribution is 2.17. The zero-order valence-electron chi connectivity index (χ0n) is 10.00. The van der Waals surface area contributed by atoms with Crippen molar-refractivity contribution < 1.29 is 14.8 Å². The van der Waals surface area contributed by atoms with E-state index in [1.54, 1.807) is 18.2 Å². The number of nitro benzene ring substituents is 1. The molecule has 0 saturated heterocycles. The lowest BCUT2D eigenvalue weighted by atomic mass is 10.2. The number of nitrogens with zero attached hydrogens (tertiary/aromatic N) is 2. The fraction of sp³-hybridized carbons (Fsp3) is 0.364. The maximum Gasteiger partial charge on any atom is 0.317 e. The molecule has 0 aliphatic rings. The van der Waals surface area contributed by atoms with Crippen molar-refractivity contribution in [2.45, 2.75) is 6.54 Å². The van der Waals surface area contributed by atoms with Crippen LogP contribution in [0.15, 0.2) is 24.3 Å². The van der Waals surface area contributed by atoms with E-state index in [4.69, 9.17) is 5.11 Å². The van der Waals surface area contributed by atoms with Gasteiger partial charge in [-0.2, -0.15) is 0 Å². The number of urea groups is 1. The summed E-state index contributed by atoms with van der Waals surface area (Å²) in [5, 5.41) is 22.0. The van der Waals surface area contributed by atoms with Gasteiger partial charge in [0, 0.05) is 25.2 Å². The van der Waals surface area contributed by atoms with Crippen molar-refractivity contribution >= 4 is 11.7 Å². The first-order chi connectivity index (χ1) is 8.56. The summed E-state index contributed by atoms with van der Waals surface area (Å²) in [6.07, 6.45) is 0. The molecule has 1 aromatic carbocycles. The Morgan fingerprint density at radius 2 is 2.17 bits per heavy atom. The molecule has 7 nitrogen and oxygen atoms in total. The first-order valence-electron chi connectivity index (χ1n) is 5.38. The van der Waals surface area contributed by atoms with Gasteiger partial charge in [0.25, 0.3) is 5.69 Å². The third kappa shape index (κ3) is 3.70. The smallest absolute Gasteiger partial charge is 0.317 e. The summed E-state index contributed by atoms with van der Waals surface area (Å²) in [5.74, 6) is 0. The van der Waals surface area contributed by atoms with Gasteiger partial charge in [-0.25, -0.2) is 4.79 Å². The molecule has 0 aliphatic carbocycles. The molecule has 0 fully saturated rings. The zero-order chi connectivity index (χ0) is 13.5. The average Bonchev–Trinajstić information content (AvgIpc) is 2.36. The van der Waals surface area contributed by atoms with E-state index in [1.807, 2.05) is 0 Å². The predicted octanol–water partition coefficient (Wildman–Crippen LogP) is 0.728. The summed E-state index contributed by atoms with van der Waals surface area (Å²) in [6.45, 7) is 0.157. The van der Waals surface area contributed by atoms with Crippen molar-refractivity contribution in [2.75, 3.05) is 20.2 Å². The SMILES string of the molecule is CN(CCO)C(=O)NCc1ccccc1[N+](=O)[O-]. The van der Waals surface area contributed by atoms with Crippen LogP contribution in [-0.2, 0) is 6.54 Å². The van der Waals surface area contributed by atoms with Crippen LogP contribution in [0.1, 0.15) is 5.56 Å². The number of benzene rings is 1. The second-order valence-electron chi connectivity index (χ2n) is 3.69. The first-order valence-corrected chi connectivity index (χ1v) is 5.38. The van der Waals surface area contributed by atoms with Crippen molar-refractivity contribution in [3.05, 3.63) is 39.9 Å². The van der Waals surface area contributed by atoms with Crippen molar-refractivity contribution in [2.24, 2.45) is 0 Å². The van der Waals surface area contributed by atoms with Gasteiger partial charge < -0.3 is 15.3 Å². The van der Waals surface area contributed by atoms with Gasteiger partial charge in [-0.15, -0.1) is 0 Å². The molecule has 2 amide bonds. The maximum absolute atomic E-state index is 11.5. The average molecular weight is 253 g/mol. The number of nitro groups is 1. The summed E-state index contributed by atoms with van der Waals surface area (Å²) in [6, 6.07) is 5.83. The Bertz CT molecular complexity index is 436. The van der Waals surface area contributed by atoms with E-state index >= 15 is 0 Å². The normalized spacial score (nSPS) is 9.89. The number of likely N-dealkylation sites (N-methyl/N-ethyl adjacent to an activating group) is 1. The van der Waals surface area contributed by atoms with Crippen LogP contribution >= 0.6 is 0 Å². The Morgan fingerprint density at radius 1 is 1.50 bits per heavy atom. The summed E-state index contributed by atoms with van der Waals surface area (Å²) >= 11 is 0. The third-order valence-electron chi connectivity index (χ3n) is 2.40. The molecule has 18 heavy (non-hydrogen) atoms. The molecule has 0 spiro atoms. The number of hydrogen-bond acceptors (Lipinski definition) is 4. The third-order valence-corrected chi connectivity index (χ3v) is 2.40. The summed E-state index contributed by atoms with van der Waals surface area (Å²) < 4.78 is 0. The van der Waals surface area contributed by atoms with Gasteiger partial charge in [0.15, 0.2) is 0 Å². The number of hydrogen-bond donors (Lipinski definition) is 2. The van der Waals surface area contributed by atoms with Crippen LogP contribution in [0.2, 0.25) is 0 Å². The van der Waals surface area contributed by atoms with E-state index in [1.165, 1.54) is 18.0 Å². The number of aliphatic hydroxyl groups excluding tert-OH is 1. The number of carbonyl (C=O) groups excluding carboxylic acids is 1. The topological polar surface area (TPSA) is 95.7 Å². The molecule has 0 aromatic heterocycles. The molecule has 2 N–H and O–H groups in total. The first kappa shape index (κ1) is 13.9. The molecular weight excluding hydrogens is 238 g/mol. The Kier molecular flexibility index (Phi) is 5.06. The van der Waals surface area contributed by atoms with Crippen LogP contribution in [0.5, 0.6) is 0 Å². The number of amides is 2. The number of carbonyl (C=O) groups is 1. The van der Waals surface area contributed by atoms with Crippen molar-refractivity contribution in [3.63, 3.8) is 0 Å². The van der Waals surface area contributed by atoms with E-state index < -0.39 is 4.92 Å². The molecule has 98 valence electrons. The highest BCUT2D eigenvalue weighted by atomic mass is 16.6. The van der Waals surface area contributed by atoms with Gasteiger partial charge in [0.1, 0.15) is 0 Å². The number of rotatable bonds is 5. The van der Waals surface area contributed by atoms with Gasteiger partial charge in [-0.1, -0.05) is 18.2 Å². The van der Waals surface area contributed by atoms with Crippen molar-refractivity contribution in [1.29, 1.82) is 0 Å². The standard InChI is InChI=1S/C11H15N3O4/c1-13(6-7-15)11(16)12-8-9-4-2-3-5-10(9)14(17)18/h2-5,15H,6-8H2,1H3,(H,12,16). The van der Waals surface area contributed by atoms with E-state index in [0.717, 1.165) is 0 Å². The summed E-state index contributed by atoms with van der Waals surface area (Å²) in [7, 11) is 1.53. The van der Waals surface area contributed by atoms with Crippen LogP contribution in [-0.4, -0.2) is 41.2 Å². The maximum atomic E-state index is 11.5. The van der Waals surface area contributed by atoms with Crippen LogP contribution in [0.4, 0.5) is 10.5 Å². The van der Waals surface area contributed by atoms with Crippen LogP contribution < -0.4 is 5.32 Å². The fourth-order valence-corrected chi connectivity index (χ4v) is 1.40. The highest BCUT2D eigenvalue weighted by molar-refractivity contribution is 5.73. The predicted molar refractivity (Wildman–Crippen MR) is 65.0 cm³/mol.